The second-order valence-corrected chi connectivity index (χ2v) is 7.29. The zero-order chi connectivity index (χ0) is 14.9. The summed E-state index contributed by atoms with van der Waals surface area (Å²) in [5.74, 6) is -1.01. The van der Waals surface area contributed by atoms with Crippen LogP contribution in [-0.4, -0.2) is 27.7 Å². The fourth-order valence-electron chi connectivity index (χ4n) is 1.89. The van der Waals surface area contributed by atoms with E-state index in [1.54, 1.807) is 0 Å². The van der Waals surface area contributed by atoms with Crippen LogP contribution >= 0.6 is 27.5 Å². The van der Waals surface area contributed by atoms with Gasteiger partial charge in [-0.25, -0.2) is 17.5 Å². The molecule has 1 heterocycles. The van der Waals surface area contributed by atoms with E-state index in [0.717, 1.165) is 6.07 Å². The van der Waals surface area contributed by atoms with E-state index < -0.39 is 20.7 Å². The SMILES string of the molecule is Nc1c(F)c(S(=O)(=O)NC2CCOCC2)cc(Cl)c1Br. The molecular weight excluding hydrogens is 375 g/mol. The maximum Gasteiger partial charge on any atom is 0.243 e. The van der Waals surface area contributed by atoms with E-state index in [4.69, 9.17) is 22.1 Å². The van der Waals surface area contributed by atoms with Crippen molar-refractivity contribution in [1.29, 1.82) is 0 Å². The third-order valence-corrected chi connectivity index (χ3v) is 5.89. The van der Waals surface area contributed by atoms with Gasteiger partial charge in [-0.15, -0.1) is 0 Å². The molecule has 0 spiro atoms. The lowest BCUT2D eigenvalue weighted by Crippen LogP contribution is -2.39. The fraction of sp³-hybridized carbons (Fsp3) is 0.455. The van der Waals surface area contributed by atoms with Crippen molar-refractivity contribution in [2.75, 3.05) is 18.9 Å². The molecular formula is C11H13BrClFN2O3S. The smallest absolute Gasteiger partial charge is 0.243 e. The summed E-state index contributed by atoms with van der Waals surface area (Å²) in [7, 11) is -4.02. The standard InChI is InChI=1S/C11H13BrClFN2O3S/c12-9-7(13)5-8(10(14)11(9)15)20(17,18)16-6-1-3-19-4-2-6/h5-6,16H,1-4,15H2. The molecule has 1 aliphatic rings. The minimum Gasteiger partial charge on any atom is -0.395 e. The van der Waals surface area contributed by atoms with Crippen molar-refractivity contribution in [2.45, 2.75) is 23.8 Å². The molecule has 0 aliphatic carbocycles. The number of nitrogens with two attached hydrogens (primary N) is 1. The Labute approximate surface area is 129 Å². The van der Waals surface area contributed by atoms with Crippen molar-refractivity contribution >= 4 is 43.2 Å². The number of sulfonamides is 1. The van der Waals surface area contributed by atoms with Gasteiger partial charge in [-0.2, -0.15) is 0 Å². The Balaban J connectivity index is 2.34. The Kier molecular flexibility index (Phi) is 4.91. The number of halogens is 3. The summed E-state index contributed by atoms with van der Waals surface area (Å²) in [5, 5.41) is 0.0382. The van der Waals surface area contributed by atoms with E-state index in [0.29, 0.717) is 26.1 Å². The van der Waals surface area contributed by atoms with E-state index in [1.165, 1.54) is 0 Å². The quantitative estimate of drug-likeness (QED) is 0.616. The molecule has 1 aromatic rings. The number of anilines is 1. The summed E-state index contributed by atoms with van der Waals surface area (Å²) in [4.78, 5) is -0.547. The van der Waals surface area contributed by atoms with Crippen LogP contribution in [0.25, 0.3) is 0 Å². The van der Waals surface area contributed by atoms with Crippen LogP contribution in [0.15, 0.2) is 15.4 Å². The van der Waals surface area contributed by atoms with E-state index >= 15 is 0 Å². The minimum atomic E-state index is -4.02. The number of hydrogen-bond acceptors (Lipinski definition) is 4. The van der Waals surface area contributed by atoms with Gasteiger partial charge in [-0.1, -0.05) is 11.6 Å². The van der Waals surface area contributed by atoms with Crippen molar-refractivity contribution in [3.8, 4) is 0 Å². The fourth-order valence-corrected chi connectivity index (χ4v) is 3.88. The van der Waals surface area contributed by atoms with Gasteiger partial charge in [0.05, 0.1) is 15.2 Å². The van der Waals surface area contributed by atoms with Gasteiger partial charge < -0.3 is 10.5 Å². The van der Waals surface area contributed by atoms with Crippen molar-refractivity contribution in [2.24, 2.45) is 0 Å². The highest BCUT2D eigenvalue weighted by molar-refractivity contribution is 9.10. The van der Waals surface area contributed by atoms with Crippen LogP contribution in [0.5, 0.6) is 0 Å². The Morgan fingerprint density at radius 2 is 2.05 bits per heavy atom. The molecule has 0 radical (unpaired) electrons. The van der Waals surface area contributed by atoms with E-state index in [-0.39, 0.29) is 21.2 Å². The number of nitrogens with one attached hydrogen (secondary N) is 1. The minimum absolute atomic E-state index is 0.0382. The molecule has 1 saturated heterocycles. The van der Waals surface area contributed by atoms with Crippen LogP contribution in [0, 0.1) is 5.82 Å². The van der Waals surface area contributed by atoms with Crippen molar-refractivity contribution in [3.05, 3.63) is 21.4 Å². The van der Waals surface area contributed by atoms with Gasteiger partial charge in [0.2, 0.25) is 10.0 Å². The van der Waals surface area contributed by atoms with Crippen molar-refractivity contribution < 1.29 is 17.5 Å². The molecule has 0 aromatic heterocycles. The van der Waals surface area contributed by atoms with Crippen LogP contribution in [-0.2, 0) is 14.8 Å². The highest BCUT2D eigenvalue weighted by Crippen LogP contribution is 2.34. The van der Waals surface area contributed by atoms with Crippen molar-refractivity contribution in [1.82, 2.24) is 4.72 Å². The first-order chi connectivity index (χ1) is 9.33. The topological polar surface area (TPSA) is 81.4 Å². The molecule has 0 saturated carbocycles. The molecule has 0 amide bonds. The van der Waals surface area contributed by atoms with Crippen LogP contribution in [0.2, 0.25) is 5.02 Å². The lowest BCUT2D eigenvalue weighted by molar-refractivity contribution is 0.0832. The number of ether oxygens (including phenoxy) is 1. The number of rotatable bonds is 3. The highest BCUT2D eigenvalue weighted by atomic mass is 79.9. The predicted molar refractivity (Wildman–Crippen MR) is 77.7 cm³/mol. The zero-order valence-corrected chi connectivity index (χ0v) is 13.5. The molecule has 0 unspecified atom stereocenters. The van der Waals surface area contributed by atoms with Crippen LogP contribution in [0.4, 0.5) is 10.1 Å². The monoisotopic (exact) mass is 386 g/mol. The molecule has 5 nitrogen and oxygen atoms in total. The summed E-state index contributed by atoms with van der Waals surface area (Å²) in [6.07, 6.45) is 1.08. The largest absolute Gasteiger partial charge is 0.395 e. The van der Waals surface area contributed by atoms with Crippen LogP contribution in [0.3, 0.4) is 0 Å². The number of benzene rings is 1. The van der Waals surface area contributed by atoms with Crippen LogP contribution in [0.1, 0.15) is 12.8 Å². The van der Waals surface area contributed by atoms with Gasteiger partial charge in [0.15, 0.2) is 5.82 Å². The van der Waals surface area contributed by atoms with Gasteiger partial charge in [0.1, 0.15) is 4.90 Å². The first kappa shape index (κ1) is 16.0. The predicted octanol–water partition coefficient (Wildman–Crippen LogP) is 2.28. The average molecular weight is 388 g/mol. The Morgan fingerprint density at radius 1 is 1.45 bits per heavy atom. The first-order valence-corrected chi connectivity index (χ1v) is 8.51. The van der Waals surface area contributed by atoms with Gasteiger partial charge in [-0.3, -0.25) is 0 Å². The maximum atomic E-state index is 14.0. The zero-order valence-electron chi connectivity index (χ0n) is 10.3. The van der Waals surface area contributed by atoms with E-state index in [2.05, 4.69) is 20.7 Å². The molecule has 9 heteroatoms. The summed E-state index contributed by atoms with van der Waals surface area (Å²) < 4.78 is 46.2. The molecule has 1 aromatic carbocycles. The summed E-state index contributed by atoms with van der Waals surface area (Å²) >= 11 is 8.83. The second-order valence-electron chi connectivity index (χ2n) is 4.41. The van der Waals surface area contributed by atoms with Crippen molar-refractivity contribution in [3.63, 3.8) is 0 Å². The van der Waals surface area contributed by atoms with Gasteiger partial charge in [0.25, 0.3) is 0 Å². The third kappa shape index (κ3) is 3.25. The normalized spacial score (nSPS) is 17.4. The lowest BCUT2D eigenvalue weighted by atomic mass is 10.1. The molecule has 0 bridgehead atoms. The van der Waals surface area contributed by atoms with Gasteiger partial charge in [0, 0.05) is 19.3 Å². The lowest BCUT2D eigenvalue weighted by Gasteiger charge is -2.23. The average Bonchev–Trinajstić information content (AvgIpc) is 2.41. The van der Waals surface area contributed by atoms with E-state index in [1.807, 2.05) is 0 Å². The molecule has 2 rings (SSSR count). The number of hydrogen-bond donors (Lipinski definition) is 2. The molecule has 112 valence electrons. The second kappa shape index (κ2) is 6.15. The molecule has 1 fully saturated rings. The molecule has 3 N–H and O–H groups in total. The summed E-state index contributed by atoms with van der Waals surface area (Å²) in [6, 6.07) is 0.760. The molecule has 20 heavy (non-hydrogen) atoms. The summed E-state index contributed by atoms with van der Waals surface area (Å²) in [6.45, 7) is 0.942. The van der Waals surface area contributed by atoms with Gasteiger partial charge in [-0.05, 0) is 34.8 Å². The van der Waals surface area contributed by atoms with Gasteiger partial charge >= 0.3 is 0 Å². The maximum absolute atomic E-state index is 14.0. The molecule has 0 atom stereocenters. The first-order valence-electron chi connectivity index (χ1n) is 5.86. The Hall–Kier alpha value is -0.410. The third-order valence-electron chi connectivity index (χ3n) is 2.99. The number of nitrogen functional groups attached to an aromatic ring is 1. The molecule has 1 aliphatic heterocycles. The Morgan fingerprint density at radius 3 is 2.65 bits per heavy atom. The summed E-state index contributed by atoms with van der Waals surface area (Å²) in [5.41, 5.74) is 5.17. The van der Waals surface area contributed by atoms with Crippen LogP contribution < -0.4 is 10.5 Å². The highest BCUT2D eigenvalue weighted by Gasteiger charge is 2.27. The Bertz CT molecular complexity index is 621. The van der Waals surface area contributed by atoms with E-state index in [9.17, 15) is 12.8 Å².